The van der Waals surface area contributed by atoms with E-state index in [0.717, 1.165) is 16.3 Å². The highest BCUT2D eigenvalue weighted by Gasteiger charge is 2.25. The molecular formula is C24H22N2OS2. The van der Waals surface area contributed by atoms with Crippen molar-refractivity contribution >= 4 is 39.3 Å². The average Bonchev–Trinajstić information content (AvgIpc) is 3.37. The van der Waals surface area contributed by atoms with Gasteiger partial charge in [-0.15, -0.1) is 22.7 Å². The summed E-state index contributed by atoms with van der Waals surface area (Å²) in [5.74, 6) is -0.0854. The first-order valence-electron chi connectivity index (χ1n) is 9.44. The Labute approximate surface area is 179 Å². The van der Waals surface area contributed by atoms with Crippen LogP contribution in [0.3, 0.4) is 0 Å². The molecule has 3 nitrogen and oxygen atoms in total. The van der Waals surface area contributed by atoms with Crippen molar-refractivity contribution in [3.63, 3.8) is 0 Å². The number of carbonyl (C=O) groups is 1. The van der Waals surface area contributed by atoms with E-state index in [-0.39, 0.29) is 11.9 Å². The van der Waals surface area contributed by atoms with E-state index in [2.05, 4.69) is 54.1 Å². The van der Waals surface area contributed by atoms with Crippen LogP contribution in [-0.2, 0) is 0 Å². The highest BCUT2D eigenvalue weighted by atomic mass is 32.1. The number of thiophene rings is 2. The van der Waals surface area contributed by atoms with Gasteiger partial charge in [0, 0.05) is 26.6 Å². The Morgan fingerprint density at radius 2 is 1.59 bits per heavy atom. The first kappa shape index (κ1) is 19.4. The molecule has 4 rings (SSSR count). The molecule has 0 fully saturated rings. The quantitative estimate of drug-likeness (QED) is 0.358. The summed E-state index contributed by atoms with van der Waals surface area (Å²) in [4.78, 5) is 15.3. The zero-order valence-corrected chi connectivity index (χ0v) is 17.9. The van der Waals surface area contributed by atoms with Gasteiger partial charge >= 0.3 is 0 Å². The molecule has 2 heterocycles. The molecule has 2 aromatic heterocycles. The van der Waals surface area contributed by atoms with Crippen LogP contribution in [0.1, 0.15) is 37.3 Å². The molecule has 0 aliphatic heterocycles. The Kier molecular flexibility index (Phi) is 5.79. The maximum absolute atomic E-state index is 12.8. The second kappa shape index (κ2) is 8.64. The van der Waals surface area contributed by atoms with Gasteiger partial charge < -0.3 is 10.6 Å². The van der Waals surface area contributed by atoms with E-state index in [1.165, 1.54) is 15.3 Å². The van der Waals surface area contributed by atoms with Crippen LogP contribution >= 0.6 is 22.7 Å². The Morgan fingerprint density at radius 1 is 0.897 bits per heavy atom. The fraction of sp³-hybridized carbons (Fsp3) is 0.125. The minimum atomic E-state index is -0.0854. The van der Waals surface area contributed by atoms with Crippen LogP contribution in [0.25, 0.3) is 0 Å². The van der Waals surface area contributed by atoms with Gasteiger partial charge in [-0.3, -0.25) is 4.79 Å². The number of anilines is 2. The normalized spacial score (nSPS) is 11.8. The molecule has 0 spiro atoms. The highest BCUT2D eigenvalue weighted by Crippen LogP contribution is 2.42. The van der Waals surface area contributed by atoms with Gasteiger partial charge in [-0.05, 0) is 55.1 Å². The van der Waals surface area contributed by atoms with Crippen LogP contribution in [0.4, 0.5) is 10.7 Å². The molecule has 0 aliphatic carbocycles. The molecule has 1 atom stereocenters. The smallest absolute Gasteiger partial charge is 0.256 e. The lowest BCUT2D eigenvalue weighted by Gasteiger charge is -2.21. The van der Waals surface area contributed by atoms with E-state index in [1.54, 1.807) is 22.7 Å². The van der Waals surface area contributed by atoms with Crippen molar-refractivity contribution in [2.75, 3.05) is 10.6 Å². The van der Waals surface area contributed by atoms with Gasteiger partial charge in [0.05, 0.1) is 6.04 Å². The summed E-state index contributed by atoms with van der Waals surface area (Å²) in [6, 6.07) is 23.7. The number of rotatable bonds is 6. The predicted octanol–water partition coefficient (Wildman–Crippen LogP) is 6.88. The lowest BCUT2D eigenvalue weighted by molar-refractivity contribution is 0.102. The highest BCUT2D eigenvalue weighted by molar-refractivity contribution is 7.16. The fourth-order valence-corrected chi connectivity index (χ4v) is 5.17. The van der Waals surface area contributed by atoms with Gasteiger partial charge in [-0.1, -0.05) is 42.5 Å². The Balaban J connectivity index is 1.73. The molecule has 0 radical (unpaired) electrons. The Hall–Kier alpha value is -2.89. The van der Waals surface area contributed by atoms with Crippen LogP contribution < -0.4 is 10.6 Å². The van der Waals surface area contributed by atoms with Gasteiger partial charge in [-0.2, -0.15) is 0 Å². The van der Waals surface area contributed by atoms with Crippen molar-refractivity contribution in [3.05, 3.63) is 105 Å². The number of hydrogen-bond acceptors (Lipinski definition) is 4. The first-order valence-corrected chi connectivity index (χ1v) is 11.1. The van der Waals surface area contributed by atoms with E-state index in [0.29, 0.717) is 5.56 Å². The van der Waals surface area contributed by atoms with Crippen LogP contribution in [0.5, 0.6) is 0 Å². The largest absolute Gasteiger partial charge is 0.373 e. The van der Waals surface area contributed by atoms with Gasteiger partial charge in [0.2, 0.25) is 0 Å². The van der Waals surface area contributed by atoms with Crippen molar-refractivity contribution in [1.29, 1.82) is 0 Å². The van der Waals surface area contributed by atoms with Crippen molar-refractivity contribution in [1.82, 2.24) is 0 Å². The van der Waals surface area contributed by atoms with Crippen LogP contribution in [-0.4, -0.2) is 5.91 Å². The van der Waals surface area contributed by atoms with E-state index in [1.807, 2.05) is 48.5 Å². The number of nitrogens with one attached hydrogen (secondary N) is 2. The molecule has 1 amide bonds. The Morgan fingerprint density at radius 3 is 2.24 bits per heavy atom. The molecule has 0 aliphatic rings. The van der Waals surface area contributed by atoms with Crippen molar-refractivity contribution in [2.45, 2.75) is 19.9 Å². The second-order valence-corrected chi connectivity index (χ2v) is 9.01. The molecule has 29 heavy (non-hydrogen) atoms. The summed E-state index contributed by atoms with van der Waals surface area (Å²) in [5, 5.41) is 9.82. The van der Waals surface area contributed by atoms with E-state index in [9.17, 15) is 4.79 Å². The molecule has 5 heteroatoms. The van der Waals surface area contributed by atoms with Gasteiger partial charge in [0.15, 0.2) is 0 Å². The molecule has 2 N–H and O–H groups in total. The fourth-order valence-electron chi connectivity index (χ4n) is 3.29. The topological polar surface area (TPSA) is 41.1 Å². The number of aryl methyl sites for hydroxylation is 1. The third-order valence-corrected chi connectivity index (χ3v) is 6.97. The number of hydrogen-bond donors (Lipinski definition) is 2. The lowest BCUT2D eigenvalue weighted by Crippen LogP contribution is -2.16. The first-order chi connectivity index (χ1) is 14.1. The Bertz CT molecular complexity index is 1090. The monoisotopic (exact) mass is 418 g/mol. The number of benzene rings is 2. The lowest BCUT2D eigenvalue weighted by atomic mass is 10.0. The number of amides is 1. The van der Waals surface area contributed by atoms with E-state index < -0.39 is 0 Å². The van der Waals surface area contributed by atoms with Gasteiger partial charge in [-0.25, -0.2) is 0 Å². The second-order valence-electron chi connectivity index (χ2n) is 6.80. The van der Waals surface area contributed by atoms with Crippen molar-refractivity contribution in [3.8, 4) is 0 Å². The van der Waals surface area contributed by atoms with Gasteiger partial charge in [0.25, 0.3) is 5.91 Å². The summed E-state index contributed by atoms with van der Waals surface area (Å²) in [6.45, 7) is 4.24. The van der Waals surface area contributed by atoms with E-state index >= 15 is 0 Å². The van der Waals surface area contributed by atoms with Crippen LogP contribution in [0.15, 0.2) is 78.2 Å². The summed E-state index contributed by atoms with van der Waals surface area (Å²) in [7, 11) is 0. The zero-order chi connectivity index (χ0) is 20.2. The molecule has 4 aromatic rings. The van der Waals surface area contributed by atoms with Crippen molar-refractivity contribution in [2.24, 2.45) is 0 Å². The predicted molar refractivity (Wildman–Crippen MR) is 124 cm³/mol. The van der Waals surface area contributed by atoms with Crippen molar-refractivity contribution < 1.29 is 4.79 Å². The molecular weight excluding hydrogens is 396 g/mol. The molecule has 2 aromatic carbocycles. The van der Waals surface area contributed by atoms with Crippen LogP contribution in [0, 0.1) is 13.8 Å². The summed E-state index contributed by atoms with van der Waals surface area (Å²) < 4.78 is 0. The minimum absolute atomic E-state index is 0.0339. The summed E-state index contributed by atoms with van der Waals surface area (Å²) in [5.41, 5.74) is 4.05. The average molecular weight is 419 g/mol. The standard InChI is InChI=1S/C24H22N2OS2/c1-16-17(2)29-24(26-23(27)18-10-5-3-6-11-18)21(16)22(20-14-9-15-28-20)25-19-12-7-4-8-13-19/h3-15,22,25H,1-2H3,(H,26,27). The molecule has 1 unspecified atom stereocenters. The number of carbonyl (C=O) groups excluding carboxylic acids is 1. The number of para-hydroxylation sites is 1. The zero-order valence-electron chi connectivity index (χ0n) is 16.3. The summed E-state index contributed by atoms with van der Waals surface area (Å²) in [6.07, 6.45) is 0. The summed E-state index contributed by atoms with van der Waals surface area (Å²) >= 11 is 3.35. The third kappa shape index (κ3) is 4.26. The molecule has 0 saturated carbocycles. The van der Waals surface area contributed by atoms with Crippen LogP contribution in [0.2, 0.25) is 0 Å². The maximum Gasteiger partial charge on any atom is 0.256 e. The molecule has 0 saturated heterocycles. The third-order valence-electron chi connectivity index (χ3n) is 4.90. The van der Waals surface area contributed by atoms with Gasteiger partial charge in [0.1, 0.15) is 5.00 Å². The maximum atomic E-state index is 12.8. The molecule has 146 valence electrons. The SMILES string of the molecule is Cc1sc(NC(=O)c2ccccc2)c(C(Nc2ccccc2)c2cccs2)c1C. The molecule has 0 bridgehead atoms. The minimum Gasteiger partial charge on any atom is -0.373 e. The van der Waals surface area contributed by atoms with E-state index in [4.69, 9.17) is 0 Å².